The molecular formula is C13H20N2O2S. The molecule has 0 radical (unpaired) electrons. The van der Waals surface area contributed by atoms with Gasteiger partial charge in [0.2, 0.25) is 0 Å². The van der Waals surface area contributed by atoms with Gasteiger partial charge in [-0.3, -0.25) is 0 Å². The first-order valence-corrected chi connectivity index (χ1v) is 7.28. The molecule has 1 heterocycles. The van der Waals surface area contributed by atoms with E-state index in [1.807, 2.05) is 0 Å². The third-order valence-corrected chi connectivity index (χ3v) is 4.63. The molecule has 0 aliphatic heterocycles. The zero-order chi connectivity index (χ0) is 13.2. The van der Waals surface area contributed by atoms with Gasteiger partial charge in [-0.05, 0) is 18.3 Å². The smallest absolute Gasteiger partial charge is 0.355 e. The topological polar surface area (TPSA) is 62.2 Å². The van der Waals surface area contributed by atoms with Crippen LogP contribution in [0, 0.1) is 5.41 Å². The maximum Gasteiger partial charge on any atom is 0.355 e. The first kappa shape index (κ1) is 13.5. The second kappa shape index (κ2) is 5.36. The molecule has 0 bridgehead atoms. The monoisotopic (exact) mass is 268 g/mol. The second-order valence-electron chi connectivity index (χ2n) is 5.60. The van der Waals surface area contributed by atoms with E-state index in [2.05, 4.69) is 24.1 Å². The van der Waals surface area contributed by atoms with Crippen molar-refractivity contribution in [1.29, 1.82) is 0 Å². The predicted molar refractivity (Wildman–Crippen MR) is 72.0 cm³/mol. The molecule has 2 rings (SSSR count). The van der Waals surface area contributed by atoms with Crippen molar-refractivity contribution in [2.45, 2.75) is 52.1 Å². The molecule has 5 heteroatoms. The van der Waals surface area contributed by atoms with Gasteiger partial charge in [0.15, 0.2) is 5.69 Å². The molecule has 0 amide bonds. The van der Waals surface area contributed by atoms with Crippen LogP contribution >= 0.6 is 11.3 Å². The SMILES string of the molecule is CC1(C)CCCCC1NCc1nc(C(=O)O)cs1. The first-order valence-electron chi connectivity index (χ1n) is 6.40. The molecule has 0 spiro atoms. The van der Waals surface area contributed by atoms with Crippen LogP contribution in [0.25, 0.3) is 0 Å². The average Bonchev–Trinajstić information content (AvgIpc) is 2.76. The van der Waals surface area contributed by atoms with Crippen molar-refractivity contribution in [3.05, 3.63) is 16.1 Å². The highest BCUT2D eigenvalue weighted by molar-refractivity contribution is 7.09. The van der Waals surface area contributed by atoms with Crippen molar-refractivity contribution in [3.8, 4) is 0 Å². The number of hydrogen-bond acceptors (Lipinski definition) is 4. The summed E-state index contributed by atoms with van der Waals surface area (Å²) in [5.74, 6) is -0.949. The van der Waals surface area contributed by atoms with Crippen LogP contribution in [0.4, 0.5) is 0 Å². The Hall–Kier alpha value is -0.940. The minimum atomic E-state index is -0.949. The number of aromatic carboxylic acids is 1. The summed E-state index contributed by atoms with van der Waals surface area (Å²) in [6.07, 6.45) is 5.04. The molecule has 1 atom stereocenters. The van der Waals surface area contributed by atoms with Gasteiger partial charge in [0.1, 0.15) is 5.01 Å². The lowest BCUT2D eigenvalue weighted by atomic mass is 9.73. The maximum absolute atomic E-state index is 10.7. The van der Waals surface area contributed by atoms with E-state index < -0.39 is 5.97 Å². The Balaban J connectivity index is 1.92. The Bertz CT molecular complexity index is 428. The summed E-state index contributed by atoms with van der Waals surface area (Å²) in [5.41, 5.74) is 0.477. The van der Waals surface area contributed by atoms with E-state index >= 15 is 0 Å². The Kier molecular flexibility index (Phi) is 4.02. The van der Waals surface area contributed by atoms with Crippen molar-refractivity contribution in [3.63, 3.8) is 0 Å². The number of nitrogens with one attached hydrogen (secondary N) is 1. The van der Waals surface area contributed by atoms with Gasteiger partial charge in [0, 0.05) is 18.0 Å². The summed E-state index contributed by atoms with van der Waals surface area (Å²) in [4.78, 5) is 14.8. The minimum Gasteiger partial charge on any atom is -0.476 e. The van der Waals surface area contributed by atoms with Crippen LogP contribution in [0.3, 0.4) is 0 Å². The van der Waals surface area contributed by atoms with Crippen molar-refractivity contribution < 1.29 is 9.90 Å². The summed E-state index contributed by atoms with van der Waals surface area (Å²) < 4.78 is 0. The zero-order valence-corrected chi connectivity index (χ0v) is 11.7. The second-order valence-corrected chi connectivity index (χ2v) is 6.54. The average molecular weight is 268 g/mol. The highest BCUT2D eigenvalue weighted by Crippen LogP contribution is 2.35. The number of carboxylic acid groups (broad SMARTS) is 1. The molecule has 18 heavy (non-hydrogen) atoms. The molecule has 1 saturated carbocycles. The molecule has 0 saturated heterocycles. The van der Waals surface area contributed by atoms with E-state index in [1.165, 1.54) is 37.0 Å². The van der Waals surface area contributed by atoms with Crippen LogP contribution in [-0.2, 0) is 6.54 Å². The maximum atomic E-state index is 10.7. The molecule has 1 aromatic heterocycles. The number of hydrogen-bond donors (Lipinski definition) is 2. The third kappa shape index (κ3) is 3.09. The lowest BCUT2D eigenvalue weighted by molar-refractivity contribution is 0.0691. The van der Waals surface area contributed by atoms with Crippen LogP contribution in [0.2, 0.25) is 0 Å². The molecule has 4 nitrogen and oxygen atoms in total. The Morgan fingerprint density at radius 1 is 1.61 bits per heavy atom. The number of aromatic nitrogens is 1. The van der Waals surface area contributed by atoms with E-state index in [0.29, 0.717) is 18.0 Å². The van der Waals surface area contributed by atoms with Crippen molar-refractivity contribution in [2.24, 2.45) is 5.41 Å². The van der Waals surface area contributed by atoms with E-state index in [9.17, 15) is 4.79 Å². The fourth-order valence-electron chi connectivity index (χ4n) is 2.57. The standard InChI is InChI=1S/C13H20N2O2S/c1-13(2)6-4-3-5-10(13)14-7-11-15-9(8-18-11)12(16)17/h8,10,14H,3-7H2,1-2H3,(H,16,17). The van der Waals surface area contributed by atoms with Crippen molar-refractivity contribution in [1.82, 2.24) is 10.3 Å². The van der Waals surface area contributed by atoms with E-state index in [-0.39, 0.29) is 5.69 Å². The van der Waals surface area contributed by atoms with E-state index in [4.69, 9.17) is 5.11 Å². The number of nitrogens with zero attached hydrogens (tertiary/aromatic N) is 1. The van der Waals surface area contributed by atoms with Crippen LogP contribution in [-0.4, -0.2) is 22.1 Å². The largest absolute Gasteiger partial charge is 0.476 e. The lowest BCUT2D eigenvalue weighted by Crippen LogP contribution is -2.43. The Morgan fingerprint density at radius 2 is 2.39 bits per heavy atom. The molecule has 1 aliphatic carbocycles. The van der Waals surface area contributed by atoms with Gasteiger partial charge in [0.25, 0.3) is 0 Å². The summed E-state index contributed by atoms with van der Waals surface area (Å²) in [6.45, 7) is 5.27. The molecular weight excluding hydrogens is 248 g/mol. The van der Waals surface area contributed by atoms with Crippen molar-refractivity contribution >= 4 is 17.3 Å². The molecule has 1 aliphatic rings. The van der Waals surface area contributed by atoms with Gasteiger partial charge in [-0.1, -0.05) is 26.7 Å². The van der Waals surface area contributed by atoms with Crippen LogP contribution in [0.15, 0.2) is 5.38 Å². The van der Waals surface area contributed by atoms with Crippen LogP contribution in [0.1, 0.15) is 55.0 Å². The fourth-order valence-corrected chi connectivity index (χ4v) is 3.29. The molecule has 0 aromatic carbocycles. The molecule has 100 valence electrons. The zero-order valence-electron chi connectivity index (χ0n) is 10.9. The summed E-state index contributed by atoms with van der Waals surface area (Å²) in [5, 5.41) is 14.8. The normalized spacial score (nSPS) is 22.9. The predicted octanol–water partition coefficient (Wildman–Crippen LogP) is 2.90. The van der Waals surface area contributed by atoms with Gasteiger partial charge in [-0.25, -0.2) is 9.78 Å². The number of carboxylic acids is 1. The number of rotatable bonds is 4. The van der Waals surface area contributed by atoms with Crippen molar-refractivity contribution in [2.75, 3.05) is 0 Å². The Labute approximate surface area is 111 Å². The van der Waals surface area contributed by atoms with Gasteiger partial charge >= 0.3 is 5.97 Å². The van der Waals surface area contributed by atoms with E-state index in [0.717, 1.165) is 5.01 Å². The number of carbonyl (C=O) groups is 1. The molecule has 1 aromatic rings. The first-order chi connectivity index (χ1) is 8.49. The van der Waals surface area contributed by atoms with Gasteiger partial charge in [0.05, 0.1) is 0 Å². The summed E-state index contributed by atoms with van der Waals surface area (Å²) >= 11 is 1.41. The van der Waals surface area contributed by atoms with Gasteiger partial charge < -0.3 is 10.4 Å². The summed E-state index contributed by atoms with van der Waals surface area (Å²) in [7, 11) is 0. The lowest BCUT2D eigenvalue weighted by Gasteiger charge is -2.39. The van der Waals surface area contributed by atoms with Crippen LogP contribution in [0.5, 0.6) is 0 Å². The fraction of sp³-hybridized carbons (Fsp3) is 0.692. The summed E-state index contributed by atoms with van der Waals surface area (Å²) in [6, 6.07) is 0.503. The molecule has 1 fully saturated rings. The van der Waals surface area contributed by atoms with Gasteiger partial charge in [-0.2, -0.15) is 0 Å². The van der Waals surface area contributed by atoms with E-state index in [1.54, 1.807) is 5.38 Å². The van der Waals surface area contributed by atoms with Gasteiger partial charge in [-0.15, -0.1) is 11.3 Å². The third-order valence-electron chi connectivity index (χ3n) is 3.78. The molecule has 2 N–H and O–H groups in total. The highest BCUT2D eigenvalue weighted by Gasteiger charge is 2.31. The number of thiazole rings is 1. The quantitative estimate of drug-likeness (QED) is 0.881. The van der Waals surface area contributed by atoms with Crippen LogP contribution < -0.4 is 5.32 Å². The molecule has 1 unspecified atom stereocenters. The minimum absolute atomic E-state index is 0.153. The Morgan fingerprint density at radius 3 is 3.00 bits per heavy atom. The highest BCUT2D eigenvalue weighted by atomic mass is 32.1.